The zero-order valence-corrected chi connectivity index (χ0v) is 5.51. The Bertz CT molecular complexity index is 95.6. The maximum Gasteiger partial charge on any atom is 0.0582 e. The quantitative estimate of drug-likeness (QED) is 0.416. The summed E-state index contributed by atoms with van der Waals surface area (Å²) in [6.07, 6.45) is 7.50. The van der Waals surface area contributed by atoms with E-state index in [1.807, 2.05) is 0 Å². The summed E-state index contributed by atoms with van der Waals surface area (Å²) in [7, 11) is 0. The summed E-state index contributed by atoms with van der Waals surface area (Å²) in [5.41, 5.74) is 5.40. The van der Waals surface area contributed by atoms with Crippen molar-refractivity contribution < 1.29 is 5.11 Å². The summed E-state index contributed by atoms with van der Waals surface area (Å²) in [4.78, 5) is 0. The maximum absolute atomic E-state index is 8.46. The summed E-state index contributed by atoms with van der Waals surface area (Å²) >= 11 is 0. The average Bonchev–Trinajstić information content (AvgIpc) is 1.89. The summed E-state index contributed by atoms with van der Waals surface area (Å²) < 4.78 is 0. The van der Waals surface area contributed by atoms with Gasteiger partial charge in [-0.15, -0.1) is 12.3 Å². The van der Waals surface area contributed by atoms with E-state index in [2.05, 4.69) is 5.92 Å². The van der Waals surface area contributed by atoms with Gasteiger partial charge in [0.2, 0.25) is 0 Å². The third kappa shape index (κ3) is 5.35. The average molecular weight is 127 g/mol. The van der Waals surface area contributed by atoms with E-state index >= 15 is 0 Å². The molecule has 9 heavy (non-hydrogen) atoms. The van der Waals surface area contributed by atoms with Crippen molar-refractivity contribution in [1.82, 2.24) is 0 Å². The number of hydrogen-bond donors (Lipinski definition) is 2. The molecule has 52 valence electrons. The van der Waals surface area contributed by atoms with Gasteiger partial charge in [0.15, 0.2) is 0 Å². The Labute approximate surface area is 56.1 Å². The van der Waals surface area contributed by atoms with Crippen LogP contribution in [0.3, 0.4) is 0 Å². The lowest BCUT2D eigenvalue weighted by molar-refractivity contribution is 0.258. The van der Waals surface area contributed by atoms with Gasteiger partial charge in [0.05, 0.1) is 6.61 Å². The zero-order chi connectivity index (χ0) is 7.11. The fourth-order valence-electron chi connectivity index (χ4n) is 0.558. The number of rotatable bonds is 4. The minimum Gasteiger partial charge on any atom is -0.395 e. The fraction of sp³-hybridized carbons (Fsp3) is 0.714. The lowest BCUT2D eigenvalue weighted by Gasteiger charge is -2.03. The molecule has 0 aliphatic rings. The topological polar surface area (TPSA) is 46.2 Å². The molecule has 0 fully saturated rings. The van der Waals surface area contributed by atoms with E-state index in [1.54, 1.807) is 0 Å². The van der Waals surface area contributed by atoms with Gasteiger partial charge in [-0.1, -0.05) is 0 Å². The van der Waals surface area contributed by atoms with Gasteiger partial charge >= 0.3 is 0 Å². The predicted molar refractivity (Wildman–Crippen MR) is 37.7 cm³/mol. The third-order valence-corrected chi connectivity index (χ3v) is 1.13. The third-order valence-electron chi connectivity index (χ3n) is 1.13. The van der Waals surface area contributed by atoms with Crippen LogP contribution in [0.15, 0.2) is 0 Å². The molecule has 3 N–H and O–H groups in total. The van der Waals surface area contributed by atoms with Gasteiger partial charge in [-0.2, -0.15) is 0 Å². The number of hydrogen-bond acceptors (Lipinski definition) is 2. The molecule has 0 heterocycles. The number of terminal acetylenes is 1. The fourth-order valence-corrected chi connectivity index (χ4v) is 0.558. The van der Waals surface area contributed by atoms with Crippen molar-refractivity contribution in [2.75, 3.05) is 6.61 Å². The molecular formula is C7H13NO. The molecule has 0 spiro atoms. The summed E-state index contributed by atoms with van der Waals surface area (Å²) in [6.45, 7) is 0.0601. The van der Waals surface area contributed by atoms with Gasteiger partial charge in [0, 0.05) is 12.5 Å². The van der Waals surface area contributed by atoms with Crippen LogP contribution in [0.5, 0.6) is 0 Å². The van der Waals surface area contributed by atoms with Crippen LogP contribution >= 0.6 is 0 Å². The van der Waals surface area contributed by atoms with Crippen LogP contribution in [0, 0.1) is 12.3 Å². The van der Waals surface area contributed by atoms with Gasteiger partial charge in [0.25, 0.3) is 0 Å². The van der Waals surface area contributed by atoms with Gasteiger partial charge in [-0.25, -0.2) is 0 Å². The van der Waals surface area contributed by atoms with Crippen LogP contribution in [-0.2, 0) is 0 Å². The molecule has 0 aromatic heterocycles. The van der Waals surface area contributed by atoms with E-state index in [0.717, 1.165) is 19.3 Å². The van der Waals surface area contributed by atoms with E-state index in [0.29, 0.717) is 0 Å². The van der Waals surface area contributed by atoms with Crippen molar-refractivity contribution in [3.63, 3.8) is 0 Å². The van der Waals surface area contributed by atoms with E-state index in [-0.39, 0.29) is 12.6 Å². The highest BCUT2D eigenvalue weighted by Gasteiger charge is 1.96. The summed E-state index contributed by atoms with van der Waals surface area (Å²) in [5.74, 6) is 2.51. The molecule has 0 aromatic carbocycles. The molecule has 1 atom stereocenters. The van der Waals surface area contributed by atoms with E-state index in [9.17, 15) is 0 Å². The minimum atomic E-state index is -0.0849. The molecule has 0 aliphatic carbocycles. The highest BCUT2D eigenvalue weighted by molar-refractivity contribution is 4.83. The molecule has 0 radical (unpaired) electrons. The zero-order valence-electron chi connectivity index (χ0n) is 5.51. The standard InChI is InChI=1S/C7H13NO/c1-2-3-4-5-7(8)6-9/h1,7,9H,3-6,8H2. The van der Waals surface area contributed by atoms with Crippen LogP contribution in [0.4, 0.5) is 0 Å². The van der Waals surface area contributed by atoms with Crippen LogP contribution in [-0.4, -0.2) is 17.8 Å². The molecule has 0 bridgehead atoms. The first kappa shape index (κ1) is 8.48. The Morgan fingerprint density at radius 3 is 2.78 bits per heavy atom. The van der Waals surface area contributed by atoms with Crippen molar-refractivity contribution in [3.8, 4) is 12.3 Å². The Morgan fingerprint density at radius 2 is 2.33 bits per heavy atom. The Morgan fingerprint density at radius 1 is 1.67 bits per heavy atom. The molecule has 0 saturated heterocycles. The Balaban J connectivity index is 2.99. The largest absolute Gasteiger partial charge is 0.395 e. The first-order chi connectivity index (χ1) is 4.31. The summed E-state index contributed by atoms with van der Waals surface area (Å²) in [6, 6.07) is -0.0849. The molecule has 0 aromatic rings. The van der Waals surface area contributed by atoms with Gasteiger partial charge < -0.3 is 10.8 Å². The van der Waals surface area contributed by atoms with Crippen LogP contribution in [0.1, 0.15) is 19.3 Å². The molecule has 2 heteroatoms. The Hall–Kier alpha value is -0.520. The van der Waals surface area contributed by atoms with Crippen LogP contribution < -0.4 is 5.73 Å². The number of aliphatic hydroxyl groups excluding tert-OH is 1. The Kier molecular flexibility index (Phi) is 5.29. The van der Waals surface area contributed by atoms with Crippen molar-refractivity contribution in [1.29, 1.82) is 0 Å². The van der Waals surface area contributed by atoms with Crippen molar-refractivity contribution in [2.24, 2.45) is 5.73 Å². The van der Waals surface area contributed by atoms with E-state index < -0.39 is 0 Å². The van der Waals surface area contributed by atoms with Crippen molar-refractivity contribution in [3.05, 3.63) is 0 Å². The lowest BCUT2D eigenvalue weighted by Crippen LogP contribution is -2.23. The normalized spacial score (nSPS) is 12.6. The smallest absolute Gasteiger partial charge is 0.0582 e. The van der Waals surface area contributed by atoms with Crippen molar-refractivity contribution >= 4 is 0 Å². The monoisotopic (exact) mass is 127 g/mol. The number of unbranched alkanes of at least 4 members (excludes halogenated alkanes) is 1. The molecule has 0 amide bonds. The van der Waals surface area contributed by atoms with Crippen LogP contribution in [0.25, 0.3) is 0 Å². The molecular weight excluding hydrogens is 114 g/mol. The minimum absolute atomic E-state index is 0.0601. The number of nitrogens with two attached hydrogens (primary N) is 1. The first-order valence-electron chi connectivity index (χ1n) is 3.11. The highest BCUT2D eigenvalue weighted by Crippen LogP contribution is 1.95. The molecule has 0 aliphatic heterocycles. The van der Waals surface area contributed by atoms with E-state index in [4.69, 9.17) is 17.3 Å². The predicted octanol–water partition coefficient (Wildman–Crippen LogP) is 0.109. The van der Waals surface area contributed by atoms with E-state index in [1.165, 1.54) is 0 Å². The maximum atomic E-state index is 8.46. The summed E-state index contributed by atoms with van der Waals surface area (Å²) in [5, 5.41) is 8.46. The highest BCUT2D eigenvalue weighted by atomic mass is 16.3. The first-order valence-corrected chi connectivity index (χ1v) is 3.11. The molecule has 2 nitrogen and oxygen atoms in total. The lowest BCUT2D eigenvalue weighted by atomic mass is 10.1. The van der Waals surface area contributed by atoms with Gasteiger partial charge in [0.1, 0.15) is 0 Å². The van der Waals surface area contributed by atoms with Crippen LogP contribution in [0.2, 0.25) is 0 Å². The molecule has 1 unspecified atom stereocenters. The number of aliphatic hydroxyl groups is 1. The van der Waals surface area contributed by atoms with Gasteiger partial charge in [-0.05, 0) is 12.8 Å². The molecule has 0 saturated carbocycles. The van der Waals surface area contributed by atoms with Gasteiger partial charge in [-0.3, -0.25) is 0 Å². The second-order valence-electron chi connectivity index (χ2n) is 2.04. The van der Waals surface area contributed by atoms with Crippen molar-refractivity contribution in [2.45, 2.75) is 25.3 Å². The molecule has 0 rings (SSSR count). The SMILES string of the molecule is C#CCCCC(N)CO. The second-order valence-corrected chi connectivity index (χ2v) is 2.04. The second kappa shape index (κ2) is 5.61.